The van der Waals surface area contributed by atoms with Gasteiger partial charge in [-0.05, 0) is 17.0 Å². The van der Waals surface area contributed by atoms with Crippen molar-refractivity contribution < 1.29 is 19.0 Å². The second-order valence-corrected chi connectivity index (χ2v) is 6.33. The predicted molar refractivity (Wildman–Crippen MR) is 92.9 cm³/mol. The molecule has 2 rings (SSSR count). The van der Waals surface area contributed by atoms with Crippen molar-refractivity contribution in [3.8, 4) is 0 Å². The minimum atomic E-state index is -0.817. The number of nitrogens with zero attached hydrogens (tertiary/aromatic N) is 1. The lowest BCUT2D eigenvalue weighted by Gasteiger charge is -2.17. The highest BCUT2D eigenvalue weighted by Gasteiger charge is 2.30. The Labute approximate surface area is 151 Å². The summed E-state index contributed by atoms with van der Waals surface area (Å²) < 4.78 is 17.2. The van der Waals surface area contributed by atoms with E-state index in [0.29, 0.717) is 0 Å². The molecule has 0 aliphatic carbocycles. The van der Waals surface area contributed by atoms with Crippen LogP contribution in [-0.2, 0) is 19.0 Å². The average molecular weight is 418 g/mol. The van der Waals surface area contributed by atoms with Gasteiger partial charge in [0.25, 0.3) is 5.56 Å². The van der Waals surface area contributed by atoms with Gasteiger partial charge in [0.1, 0.15) is 12.6 Å². The standard InChI is InChI=1S/C15H20BrN3O6/c1-8(2)12(17)14(21)24-7-11-23-6-10(25-11)19-5-9(3-4-16)13(20)18-15(19)22/h3-5,8,10-12H,6-7,17H2,1-2H3,(H,18,20,22)/b4-3+/t10-,11-,12+/m0/s1. The summed E-state index contributed by atoms with van der Waals surface area (Å²) in [6.45, 7) is 3.56. The molecule has 25 heavy (non-hydrogen) atoms. The SMILES string of the molecule is CC(C)[C@@H](N)C(=O)OC[C@H]1OC[C@@H](n2cc(/C=C/Br)c(=O)[nH]c2=O)O1. The number of hydrogen-bond acceptors (Lipinski definition) is 7. The van der Waals surface area contributed by atoms with E-state index in [2.05, 4.69) is 20.9 Å². The number of halogens is 1. The number of carbonyl (C=O) groups excluding carboxylic acids is 1. The van der Waals surface area contributed by atoms with E-state index in [0.717, 1.165) is 0 Å². The zero-order chi connectivity index (χ0) is 18.6. The summed E-state index contributed by atoms with van der Waals surface area (Å²) in [5.41, 5.74) is 4.84. The molecule has 0 spiro atoms. The molecular weight excluding hydrogens is 398 g/mol. The fraction of sp³-hybridized carbons (Fsp3) is 0.533. The molecule has 10 heteroatoms. The lowest BCUT2D eigenvalue weighted by molar-refractivity contribution is -0.161. The van der Waals surface area contributed by atoms with Crippen molar-refractivity contribution in [1.29, 1.82) is 0 Å². The maximum atomic E-state index is 12.0. The van der Waals surface area contributed by atoms with E-state index in [4.69, 9.17) is 19.9 Å². The van der Waals surface area contributed by atoms with Gasteiger partial charge in [-0.1, -0.05) is 29.8 Å². The first-order valence-electron chi connectivity index (χ1n) is 7.65. The van der Waals surface area contributed by atoms with Gasteiger partial charge in [0.2, 0.25) is 0 Å². The van der Waals surface area contributed by atoms with Crippen LogP contribution in [0.1, 0.15) is 25.6 Å². The Balaban J connectivity index is 2.01. The third-order valence-corrected chi connectivity index (χ3v) is 3.90. The Kier molecular flexibility index (Phi) is 6.71. The summed E-state index contributed by atoms with van der Waals surface area (Å²) in [6.07, 6.45) is 1.31. The molecule has 0 saturated carbocycles. The van der Waals surface area contributed by atoms with Gasteiger partial charge in [0, 0.05) is 6.20 Å². The van der Waals surface area contributed by atoms with Crippen molar-refractivity contribution in [2.24, 2.45) is 11.7 Å². The van der Waals surface area contributed by atoms with Crippen molar-refractivity contribution in [1.82, 2.24) is 9.55 Å². The van der Waals surface area contributed by atoms with Gasteiger partial charge in [-0.3, -0.25) is 19.1 Å². The fourth-order valence-corrected chi connectivity index (χ4v) is 2.38. The first-order valence-corrected chi connectivity index (χ1v) is 8.56. The van der Waals surface area contributed by atoms with Crippen LogP contribution in [0.5, 0.6) is 0 Å². The smallest absolute Gasteiger partial charge is 0.330 e. The number of aromatic amines is 1. The van der Waals surface area contributed by atoms with Crippen LogP contribution >= 0.6 is 15.9 Å². The highest BCUT2D eigenvalue weighted by Crippen LogP contribution is 2.20. The highest BCUT2D eigenvalue weighted by molar-refractivity contribution is 9.11. The molecule has 1 saturated heterocycles. The van der Waals surface area contributed by atoms with E-state index in [1.165, 1.54) is 21.8 Å². The third-order valence-electron chi connectivity index (χ3n) is 3.63. The van der Waals surface area contributed by atoms with Gasteiger partial charge in [0.15, 0.2) is 12.5 Å². The Morgan fingerprint density at radius 3 is 2.92 bits per heavy atom. The first-order chi connectivity index (χ1) is 11.8. The summed E-state index contributed by atoms with van der Waals surface area (Å²) in [6, 6.07) is -0.724. The average Bonchev–Trinajstić information content (AvgIpc) is 3.03. The molecule has 0 unspecified atom stereocenters. The maximum absolute atomic E-state index is 12.0. The van der Waals surface area contributed by atoms with Gasteiger partial charge in [-0.2, -0.15) is 0 Å². The largest absolute Gasteiger partial charge is 0.459 e. The molecule has 0 amide bonds. The summed E-state index contributed by atoms with van der Waals surface area (Å²) in [7, 11) is 0. The third kappa shape index (κ3) is 4.88. The molecule has 3 N–H and O–H groups in total. The van der Waals surface area contributed by atoms with Crippen molar-refractivity contribution >= 4 is 28.0 Å². The summed E-state index contributed by atoms with van der Waals surface area (Å²) >= 11 is 3.08. The lowest BCUT2D eigenvalue weighted by Crippen LogP contribution is -2.38. The Hall–Kier alpha value is -1.75. The number of nitrogens with one attached hydrogen (secondary N) is 1. The quantitative estimate of drug-likeness (QED) is 0.637. The number of nitrogens with two attached hydrogens (primary N) is 1. The second kappa shape index (κ2) is 8.56. The number of esters is 1. The minimum Gasteiger partial charge on any atom is -0.459 e. The van der Waals surface area contributed by atoms with Crippen molar-refractivity contribution in [3.63, 3.8) is 0 Å². The summed E-state index contributed by atoms with van der Waals surface area (Å²) in [5, 5.41) is 0. The molecule has 138 valence electrons. The zero-order valence-corrected chi connectivity index (χ0v) is 15.4. The van der Waals surface area contributed by atoms with Gasteiger partial charge < -0.3 is 19.9 Å². The Bertz CT molecular complexity index is 756. The van der Waals surface area contributed by atoms with E-state index in [-0.39, 0.29) is 24.7 Å². The topological polar surface area (TPSA) is 126 Å². The van der Waals surface area contributed by atoms with Crippen molar-refractivity contribution in [3.05, 3.63) is 37.6 Å². The van der Waals surface area contributed by atoms with Gasteiger partial charge in [-0.25, -0.2) is 4.79 Å². The Morgan fingerprint density at radius 1 is 1.56 bits per heavy atom. The lowest BCUT2D eigenvalue weighted by atomic mass is 10.1. The van der Waals surface area contributed by atoms with Crippen LogP contribution in [-0.4, -0.2) is 41.1 Å². The van der Waals surface area contributed by atoms with Gasteiger partial charge in [0.05, 0.1) is 12.2 Å². The van der Waals surface area contributed by atoms with Crippen LogP contribution in [0.2, 0.25) is 0 Å². The van der Waals surface area contributed by atoms with Crippen LogP contribution in [0.4, 0.5) is 0 Å². The molecule has 1 aromatic rings. The van der Waals surface area contributed by atoms with Crippen LogP contribution in [0.15, 0.2) is 20.8 Å². The van der Waals surface area contributed by atoms with Gasteiger partial charge in [-0.15, -0.1) is 0 Å². The van der Waals surface area contributed by atoms with E-state index < -0.39 is 35.8 Å². The van der Waals surface area contributed by atoms with Crippen LogP contribution in [0.3, 0.4) is 0 Å². The molecule has 1 aliphatic heterocycles. The number of carbonyl (C=O) groups is 1. The van der Waals surface area contributed by atoms with Crippen molar-refractivity contribution in [2.45, 2.75) is 32.4 Å². The fourth-order valence-electron chi connectivity index (χ4n) is 2.10. The van der Waals surface area contributed by atoms with E-state index >= 15 is 0 Å². The second-order valence-electron chi connectivity index (χ2n) is 5.80. The molecule has 3 atom stereocenters. The highest BCUT2D eigenvalue weighted by atomic mass is 79.9. The van der Waals surface area contributed by atoms with Crippen LogP contribution in [0, 0.1) is 5.92 Å². The number of H-pyrrole nitrogens is 1. The number of ether oxygens (including phenoxy) is 3. The van der Waals surface area contributed by atoms with Crippen molar-refractivity contribution in [2.75, 3.05) is 13.2 Å². The van der Waals surface area contributed by atoms with E-state index in [1.54, 1.807) is 0 Å². The molecule has 0 aromatic carbocycles. The summed E-state index contributed by atoms with van der Waals surface area (Å²) in [4.78, 5) is 39.1. The predicted octanol–water partition coefficient (Wildman–Crippen LogP) is 0.300. The normalized spacial score (nSPS) is 21.8. The monoisotopic (exact) mass is 417 g/mol. The number of aromatic nitrogens is 2. The number of hydrogen-bond donors (Lipinski definition) is 2. The molecule has 1 aliphatic rings. The molecule has 0 bridgehead atoms. The van der Waals surface area contributed by atoms with Crippen LogP contribution in [0.25, 0.3) is 6.08 Å². The summed E-state index contributed by atoms with van der Waals surface area (Å²) in [5.74, 6) is -0.595. The van der Waals surface area contributed by atoms with E-state index in [1.807, 2.05) is 13.8 Å². The molecule has 2 heterocycles. The maximum Gasteiger partial charge on any atom is 0.330 e. The molecule has 9 nitrogen and oxygen atoms in total. The molecule has 1 aromatic heterocycles. The number of rotatable bonds is 6. The van der Waals surface area contributed by atoms with Gasteiger partial charge >= 0.3 is 11.7 Å². The van der Waals surface area contributed by atoms with E-state index in [9.17, 15) is 14.4 Å². The minimum absolute atomic E-state index is 0.0497. The first kappa shape index (κ1) is 19.6. The van der Waals surface area contributed by atoms with Crippen LogP contribution < -0.4 is 17.0 Å². The molecule has 1 fully saturated rings. The molecule has 0 radical (unpaired) electrons. The Morgan fingerprint density at radius 2 is 2.28 bits per heavy atom. The molecular formula is C15H20BrN3O6. The zero-order valence-electron chi connectivity index (χ0n) is 13.8.